The standard InChI is InChI=1S/C16H25NO4/c1-10-9-16-14(20)4-2-6-17(16)7-3-5-15(16,21)12(18)8-11(14)13(10)19/h10-11,13,19-21H,2-9H2,1H3/t10-,11?,13+,14-,15-,16+/m0/s1. The fourth-order valence-corrected chi connectivity index (χ4v) is 6.13. The molecule has 2 bridgehead atoms. The van der Waals surface area contributed by atoms with Gasteiger partial charge < -0.3 is 15.3 Å². The van der Waals surface area contributed by atoms with E-state index >= 15 is 0 Å². The quantitative estimate of drug-likeness (QED) is 0.589. The SMILES string of the molecule is C[C@H]1C[C@]23N4CCC[C@]2(O)C(=O)CC([C@@H]1O)[C@@]3(O)CCC4. The Morgan fingerprint density at radius 3 is 2.57 bits per heavy atom. The molecule has 0 radical (unpaired) electrons. The summed E-state index contributed by atoms with van der Waals surface area (Å²) in [6.45, 7) is 3.63. The van der Waals surface area contributed by atoms with E-state index in [1.165, 1.54) is 0 Å². The zero-order chi connectivity index (χ0) is 15.0. The summed E-state index contributed by atoms with van der Waals surface area (Å²) in [5.74, 6) is -0.613. The Morgan fingerprint density at radius 1 is 1.19 bits per heavy atom. The summed E-state index contributed by atoms with van der Waals surface area (Å²) in [4.78, 5) is 14.9. The molecule has 2 heterocycles. The third-order valence-electron chi connectivity index (χ3n) is 6.99. The average molecular weight is 295 g/mol. The Bertz CT molecular complexity index is 495. The van der Waals surface area contributed by atoms with E-state index in [0.717, 1.165) is 25.9 Å². The number of rotatable bonds is 0. The van der Waals surface area contributed by atoms with E-state index in [-0.39, 0.29) is 18.1 Å². The zero-order valence-corrected chi connectivity index (χ0v) is 12.6. The number of hydrogen-bond acceptors (Lipinski definition) is 5. The highest BCUT2D eigenvalue weighted by Crippen LogP contribution is 2.62. The predicted octanol–water partition coefficient (Wildman–Crippen LogP) is 0.0667. The first-order valence-electron chi connectivity index (χ1n) is 8.28. The van der Waals surface area contributed by atoms with E-state index in [1.807, 2.05) is 6.92 Å². The average Bonchev–Trinajstić information content (AvgIpc) is 2.43. The molecular formula is C16H25NO4. The number of nitrogens with zero attached hydrogens (tertiary/aromatic N) is 1. The number of ketones is 1. The number of carbonyl (C=O) groups is 1. The van der Waals surface area contributed by atoms with Gasteiger partial charge in [-0.15, -0.1) is 0 Å². The van der Waals surface area contributed by atoms with E-state index in [9.17, 15) is 20.1 Å². The minimum Gasteiger partial charge on any atom is -0.392 e. The van der Waals surface area contributed by atoms with Crippen molar-refractivity contribution in [1.82, 2.24) is 4.90 Å². The van der Waals surface area contributed by atoms with Crippen molar-refractivity contribution in [2.75, 3.05) is 13.1 Å². The summed E-state index contributed by atoms with van der Waals surface area (Å²) >= 11 is 0. The van der Waals surface area contributed by atoms with Gasteiger partial charge in [0.2, 0.25) is 0 Å². The molecule has 0 aromatic heterocycles. The number of aliphatic hydroxyl groups excluding tert-OH is 1. The number of Topliss-reactive ketones (excluding diaryl/α,β-unsaturated/α-hetero) is 1. The highest BCUT2D eigenvalue weighted by Gasteiger charge is 2.77. The second kappa shape index (κ2) is 4.07. The van der Waals surface area contributed by atoms with Gasteiger partial charge in [-0.3, -0.25) is 9.69 Å². The van der Waals surface area contributed by atoms with Crippen LogP contribution in [0.3, 0.4) is 0 Å². The van der Waals surface area contributed by atoms with E-state index in [4.69, 9.17) is 0 Å². The summed E-state index contributed by atoms with van der Waals surface area (Å²) in [5, 5.41) is 33.4. The van der Waals surface area contributed by atoms with Crippen LogP contribution in [0.4, 0.5) is 0 Å². The Kier molecular flexibility index (Phi) is 2.74. The van der Waals surface area contributed by atoms with Crippen molar-refractivity contribution < 1.29 is 20.1 Å². The van der Waals surface area contributed by atoms with Gasteiger partial charge in [0.25, 0.3) is 0 Å². The molecule has 4 aliphatic rings. The van der Waals surface area contributed by atoms with Crippen molar-refractivity contribution >= 4 is 5.78 Å². The second-order valence-corrected chi connectivity index (χ2v) is 7.74. The molecule has 2 aliphatic heterocycles. The molecule has 5 heteroatoms. The third-order valence-corrected chi connectivity index (χ3v) is 6.99. The Hall–Kier alpha value is -0.490. The van der Waals surface area contributed by atoms with Crippen molar-refractivity contribution in [3.05, 3.63) is 0 Å². The molecule has 2 aliphatic carbocycles. The molecule has 21 heavy (non-hydrogen) atoms. The number of aliphatic hydroxyl groups is 3. The minimum atomic E-state index is -1.44. The highest BCUT2D eigenvalue weighted by molar-refractivity contribution is 5.91. The first kappa shape index (κ1) is 14.1. The molecule has 1 spiro atoms. The molecule has 1 unspecified atom stereocenters. The van der Waals surface area contributed by atoms with Gasteiger partial charge in [0.1, 0.15) is 5.60 Å². The molecule has 4 rings (SSSR count). The summed E-state index contributed by atoms with van der Waals surface area (Å²) in [6, 6.07) is 0. The van der Waals surface area contributed by atoms with Gasteiger partial charge in [-0.05, 0) is 51.1 Å². The van der Waals surface area contributed by atoms with Crippen LogP contribution >= 0.6 is 0 Å². The van der Waals surface area contributed by atoms with Gasteiger partial charge in [0.15, 0.2) is 5.78 Å². The molecule has 2 saturated heterocycles. The van der Waals surface area contributed by atoms with E-state index in [0.29, 0.717) is 19.3 Å². The Morgan fingerprint density at radius 2 is 1.86 bits per heavy atom. The molecule has 0 amide bonds. The normalized spacial score (nSPS) is 57.0. The van der Waals surface area contributed by atoms with Crippen LogP contribution in [0, 0.1) is 11.8 Å². The van der Waals surface area contributed by atoms with Gasteiger partial charge in [-0.2, -0.15) is 0 Å². The van der Waals surface area contributed by atoms with E-state index < -0.39 is 28.8 Å². The molecule has 5 nitrogen and oxygen atoms in total. The first-order chi connectivity index (χ1) is 9.87. The van der Waals surface area contributed by atoms with Crippen LogP contribution in [-0.2, 0) is 4.79 Å². The van der Waals surface area contributed by atoms with Crippen molar-refractivity contribution in [1.29, 1.82) is 0 Å². The molecule has 4 fully saturated rings. The zero-order valence-electron chi connectivity index (χ0n) is 12.6. The lowest BCUT2D eigenvalue weighted by Gasteiger charge is -2.72. The largest absolute Gasteiger partial charge is 0.392 e. The maximum absolute atomic E-state index is 12.7. The fraction of sp³-hybridized carbons (Fsp3) is 0.938. The first-order valence-corrected chi connectivity index (χ1v) is 8.28. The summed E-state index contributed by atoms with van der Waals surface area (Å²) in [5.41, 5.74) is -3.46. The maximum atomic E-state index is 12.7. The van der Waals surface area contributed by atoms with Gasteiger partial charge in [-0.1, -0.05) is 6.92 Å². The van der Waals surface area contributed by atoms with Crippen LogP contribution in [0.25, 0.3) is 0 Å². The topological polar surface area (TPSA) is 81.0 Å². The van der Waals surface area contributed by atoms with Crippen LogP contribution in [0.2, 0.25) is 0 Å². The molecule has 118 valence electrons. The lowest BCUT2D eigenvalue weighted by atomic mass is 9.43. The summed E-state index contributed by atoms with van der Waals surface area (Å²) in [6.07, 6.45) is 2.63. The second-order valence-electron chi connectivity index (χ2n) is 7.74. The Labute approximate surface area is 124 Å². The fourth-order valence-electron chi connectivity index (χ4n) is 6.13. The van der Waals surface area contributed by atoms with Crippen molar-refractivity contribution in [3.63, 3.8) is 0 Å². The van der Waals surface area contributed by atoms with Gasteiger partial charge >= 0.3 is 0 Å². The number of piperidine rings is 2. The number of carbonyl (C=O) groups excluding carboxylic acids is 1. The van der Waals surface area contributed by atoms with Crippen LogP contribution < -0.4 is 0 Å². The molecule has 0 aromatic carbocycles. The van der Waals surface area contributed by atoms with Crippen molar-refractivity contribution in [3.8, 4) is 0 Å². The lowest BCUT2D eigenvalue weighted by Crippen LogP contribution is -2.88. The van der Waals surface area contributed by atoms with Crippen LogP contribution in [0.1, 0.15) is 45.4 Å². The molecule has 3 N–H and O–H groups in total. The smallest absolute Gasteiger partial charge is 0.166 e. The Balaban J connectivity index is 1.96. The van der Waals surface area contributed by atoms with Gasteiger partial charge in [-0.25, -0.2) is 0 Å². The molecule has 0 aromatic rings. The van der Waals surface area contributed by atoms with Crippen LogP contribution in [0.5, 0.6) is 0 Å². The summed E-state index contributed by atoms with van der Waals surface area (Å²) in [7, 11) is 0. The molecule has 6 atom stereocenters. The van der Waals surface area contributed by atoms with Crippen LogP contribution in [-0.4, -0.2) is 61.9 Å². The monoisotopic (exact) mass is 295 g/mol. The van der Waals surface area contributed by atoms with Gasteiger partial charge in [0.05, 0.1) is 17.2 Å². The third kappa shape index (κ3) is 1.35. The van der Waals surface area contributed by atoms with Gasteiger partial charge in [0, 0.05) is 12.3 Å². The lowest BCUT2D eigenvalue weighted by molar-refractivity contribution is -0.309. The van der Waals surface area contributed by atoms with E-state index in [1.54, 1.807) is 0 Å². The molecule has 2 saturated carbocycles. The maximum Gasteiger partial charge on any atom is 0.166 e. The van der Waals surface area contributed by atoms with Crippen molar-refractivity contribution in [2.24, 2.45) is 11.8 Å². The highest BCUT2D eigenvalue weighted by atomic mass is 16.3. The van der Waals surface area contributed by atoms with Crippen LogP contribution in [0.15, 0.2) is 0 Å². The number of hydrogen-bond donors (Lipinski definition) is 3. The minimum absolute atomic E-state index is 0.00593. The van der Waals surface area contributed by atoms with Crippen molar-refractivity contribution in [2.45, 2.75) is 68.3 Å². The predicted molar refractivity (Wildman–Crippen MR) is 75.6 cm³/mol. The molecular weight excluding hydrogens is 270 g/mol. The summed E-state index contributed by atoms with van der Waals surface area (Å²) < 4.78 is 0. The van der Waals surface area contributed by atoms with E-state index in [2.05, 4.69) is 4.90 Å².